The van der Waals surface area contributed by atoms with E-state index in [0.717, 1.165) is 0 Å². The molecule has 1 unspecified atom stereocenters. The molecule has 1 aliphatic rings. The van der Waals surface area contributed by atoms with Gasteiger partial charge in [-0.05, 0) is 64.9 Å². The predicted molar refractivity (Wildman–Crippen MR) is 106 cm³/mol. The summed E-state index contributed by atoms with van der Waals surface area (Å²) in [6, 6.07) is 1.84. The Balaban J connectivity index is 3.78. The van der Waals surface area contributed by atoms with Gasteiger partial charge in [0.15, 0.2) is 0 Å². The molecule has 142 valence electrons. The fourth-order valence-corrected chi connectivity index (χ4v) is 4.26. The van der Waals surface area contributed by atoms with E-state index in [4.69, 9.17) is 0 Å². The summed E-state index contributed by atoms with van der Waals surface area (Å²) >= 11 is 0. The fourth-order valence-electron chi connectivity index (χ4n) is 4.26. The molecule has 1 atom stereocenters. The van der Waals surface area contributed by atoms with Gasteiger partial charge in [-0.15, -0.1) is 0 Å². The van der Waals surface area contributed by atoms with E-state index in [-0.39, 0.29) is 0 Å². The van der Waals surface area contributed by atoms with Crippen LogP contribution in [-0.2, 0) is 0 Å². The number of hydrazine groups is 2. The largest absolute Gasteiger partial charge is 0.293 e. The van der Waals surface area contributed by atoms with Crippen LogP contribution >= 0.6 is 0 Å². The van der Waals surface area contributed by atoms with Crippen molar-refractivity contribution in [1.29, 1.82) is 0 Å². The molecule has 0 aromatic heterocycles. The molecule has 1 heterocycles. The molecule has 0 saturated heterocycles. The van der Waals surface area contributed by atoms with Crippen LogP contribution in [-0.4, -0.2) is 39.3 Å². The number of hydrogen-bond donors (Lipinski definition) is 0. The van der Waals surface area contributed by atoms with Crippen LogP contribution in [0.15, 0.2) is 11.3 Å². The number of nitrogens with zero attached hydrogens (tertiary/aromatic N) is 3. The lowest BCUT2D eigenvalue weighted by atomic mass is 9.82. The van der Waals surface area contributed by atoms with Crippen molar-refractivity contribution in [2.45, 2.75) is 107 Å². The molecule has 0 fully saturated rings. The minimum Gasteiger partial charge on any atom is -0.293 e. The first kappa shape index (κ1) is 21.5. The number of rotatable bonds is 6. The van der Waals surface area contributed by atoms with E-state index < -0.39 is 0 Å². The van der Waals surface area contributed by atoms with Crippen LogP contribution in [0.4, 0.5) is 0 Å². The summed E-state index contributed by atoms with van der Waals surface area (Å²) in [4.78, 5) is 0. The quantitative estimate of drug-likeness (QED) is 0.629. The van der Waals surface area contributed by atoms with E-state index in [1.54, 1.807) is 11.3 Å². The SMILES string of the molecule is CC(C)C1=C(C(C)C)N(C(C)C)N(C(C)C)N(C(C)C)C1C(C)C. The van der Waals surface area contributed by atoms with Gasteiger partial charge in [-0.2, -0.15) is 5.12 Å². The molecule has 3 heteroatoms. The zero-order valence-electron chi connectivity index (χ0n) is 18.4. The molecule has 0 spiro atoms. The maximum atomic E-state index is 2.65. The number of allylic oxidation sites excluding steroid dienone is 1. The second-order valence-corrected chi connectivity index (χ2v) is 9.17. The van der Waals surface area contributed by atoms with Gasteiger partial charge in [0.05, 0.1) is 6.04 Å². The third-order valence-electron chi connectivity index (χ3n) is 4.88. The first-order valence-corrected chi connectivity index (χ1v) is 10.0. The summed E-state index contributed by atoms with van der Waals surface area (Å²) in [5.41, 5.74) is 3.18. The lowest BCUT2D eigenvalue weighted by molar-refractivity contribution is -0.249. The summed E-state index contributed by atoms with van der Waals surface area (Å²) in [5, 5.41) is 7.79. The second kappa shape index (κ2) is 8.23. The van der Waals surface area contributed by atoms with E-state index >= 15 is 0 Å². The molecule has 0 N–H and O–H groups in total. The van der Waals surface area contributed by atoms with Gasteiger partial charge in [0.25, 0.3) is 0 Å². The first-order valence-electron chi connectivity index (χ1n) is 10.0. The van der Waals surface area contributed by atoms with Crippen molar-refractivity contribution in [3.05, 3.63) is 11.3 Å². The molecule has 0 aromatic carbocycles. The number of hydrogen-bond acceptors (Lipinski definition) is 3. The van der Waals surface area contributed by atoms with Crippen molar-refractivity contribution in [3.8, 4) is 0 Å². The van der Waals surface area contributed by atoms with Gasteiger partial charge >= 0.3 is 0 Å². The van der Waals surface area contributed by atoms with Crippen LogP contribution in [0.3, 0.4) is 0 Å². The maximum absolute atomic E-state index is 2.65. The Hall–Kier alpha value is -0.540. The summed E-state index contributed by atoms with van der Waals surface area (Å²) in [6.45, 7) is 28.2. The highest BCUT2D eigenvalue weighted by Gasteiger charge is 2.44. The zero-order chi connectivity index (χ0) is 18.9. The normalized spacial score (nSPS) is 21.8. The Kier molecular flexibility index (Phi) is 7.37. The third-order valence-corrected chi connectivity index (χ3v) is 4.88. The topological polar surface area (TPSA) is 9.72 Å². The molecule has 0 bridgehead atoms. The molecule has 3 nitrogen and oxygen atoms in total. The molecular weight excluding hydrogens is 294 g/mol. The van der Waals surface area contributed by atoms with E-state index in [1.165, 1.54) is 0 Å². The first-order chi connectivity index (χ1) is 10.9. The van der Waals surface area contributed by atoms with Gasteiger partial charge < -0.3 is 0 Å². The molecule has 0 amide bonds. The highest BCUT2D eigenvalue weighted by Crippen LogP contribution is 2.41. The zero-order valence-corrected chi connectivity index (χ0v) is 18.4. The Morgan fingerprint density at radius 2 is 1.12 bits per heavy atom. The van der Waals surface area contributed by atoms with Crippen molar-refractivity contribution in [2.24, 2.45) is 17.8 Å². The van der Waals surface area contributed by atoms with Crippen molar-refractivity contribution in [2.75, 3.05) is 0 Å². The lowest BCUT2D eigenvalue weighted by Gasteiger charge is -2.59. The van der Waals surface area contributed by atoms with Crippen LogP contribution in [0.2, 0.25) is 0 Å². The van der Waals surface area contributed by atoms with E-state index in [9.17, 15) is 0 Å². The van der Waals surface area contributed by atoms with E-state index in [2.05, 4.69) is 98.2 Å². The van der Waals surface area contributed by atoms with Crippen LogP contribution in [0, 0.1) is 17.8 Å². The van der Waals surface area contributed by atoms with Gasteiger partial charge in [-0.1, -0.05) is 41.5 Å². The second-order valence-electron chi connectivity index (χ2n) is 9.17. The van der Waals surface area contributed by atoms with Gasteiger partial charge in [0.2, 0.25) is 0 Å². The van der Waals surface area contributed by atoms with Crippen LogP contribution in [0.5, 0.6) is 0 Å². The molecule has 1 aliphatic heterocycles. The average Bonchev–Trinajstić information content (AvgIpc) is 2.42. The summed E-state index contributed by atoms with van der Waals surface area (Å²) in [6.07, 6.45) is 0. The molecule has 0 radical (unpaired) electrons. The smallest absolute Gasteiger partial charge is 0.0521 e. The molecule has 24 heavy (non-hydrogen) atoms. The lowest BCUT2D eigenvalue weighted by Crippen LogP contribution is -2.68. The fraction of sp³-hybridized carbons (Fsp3) is 0.905. The average molecular weight is 338 g/mol. The van der Waals surface area contributed by atoms with Gasteiger partial charge in [0.1, 0.15) is 0 Å². The van der Waals surface area contributed by atoms with Crippen LogP contribution in [0.25, 0.3) is 0 Å². The van der Waals surface area contributed by atoms with Crippen LogP contribution < -0.4 is 0 Å². The monoisotopic (exact) mass is 337 g/mol. The van der Waals surface area contributed by atoms with Gasteiger partial charge in [-0.25, -0.2) is 5.01 Å². The Morgan fingerprint density at radius 1 is 0.625 bits per heavy atom. The minimum absolute atomic E-state index is 0.443. The molecule has 1 rings (SSSR count). The van der Waals surface area contributed by atoms with Gasteiger partial charge in [0, 0.05) is 23.8 Å². The maximum Gasteiger partial charge on any atom is 0.0521 e. The molecular formula is C21H43N3. The van der Waals surface area contributed by atoms with Gasteiger partial charge in [-0.3, -0.25) is 5.01 Å². The summed E-state index contributed by atoms with van der Waals surface area (Å²) in [5.74, 6) is 1.68. The minimum atomic E-state index is 0.443. The highest BCUT2D eigenvalue weighted by molar-refractivity contribution is 5.26. The van der Waals surface area contributed by atoms with Crippen molar-refractivity contribution in [1.82, 2.24) is 15.1 Å². The molecule has 0 saturated carbocycles. The highest BCUT2D eigenvalue weighted by atomic mass is 15.9. The van der Waals surface area contributed by atoms with Crippen molar-refractivity contribution < 1.29 is 0 Å². The summed E-state index contributed by atoms with van der Waals surface area (Å²) in [7, 11) is 0. The van der Waals surface area contributed by atoms with Crippen molar-refractivity contribution >= 4 is 0 Å². The Bertz CT molecular complexity index is 392. The summed E-state index contributed by atoms with van der Waals surface area (Å²) < 4.78 is 0. The standard InChI is InChI=1S/C21H43N3/c1-13(2)19-20(14(3)4)22(16(7)8)24(18(11)12)23(17(9)10)21(19)15(5)6/h13-18,20H,1-12H3. The Morgan fingerprint density at radius 3 is 1.38 bits per heavy atom. The molecule has 0 aromatic rings. The van der Waals surface area contributed by atoms with E-state index in [1.807, 2.05) is 0 Å². The predicted octanol–water partition coefficient (Wildman–Crippen LogP) is 5.55. The van der Waals surface area contributed by atoms with Crippen molar-refractivity contribution in [3.63, 3.8) is 0 Å². The third kappa shape index (κ3) is 3.99. The van der Waals surface area contributed by atoms with E-state index in [0.29, 0.717) is 41.9 Å². The molecule has 0 aliphatic carbocycles. The van der Waals surface area contributed by atoms with Crippen LogP contribution in [0.1, 0.15) is 83.1 Å². The Labute approximate surface area is 152 Å².